The van der Waals surface area contributed by atoms with E-state index in [4.69, 9.17) is 5.11 Å². The number of aryl methyl sites for hydroxylation is 2. The highest BCUT2D eigenvalue weighted by Crippen LogP contribution is 2.19. The zero-order chi connectivity index (χ0) is 20.4. The second kappa shape index (κ2) is 7.89. The highest BCUT2D eigenvalue weighted by atomic mass is 32.2. The number of carboxylic acid groups (broad SMARTS) is 1. The number of carbonyl (C=O) groups is 2. The lowest BCUT2D eigenvalue weighted by Gasteiger charge is -2.15. The van der Waals surface area contributed by atoms with Crippen molar-refractivity contribution in [1.82, 2.24) is 14.5 Å². The molecule has 27 heavy (non-hydrogen) atoms. The minimum absolute atomic E-state index is 0.0580. The highest BCUT2D eigenvalue weighted by molar-refractivity contribution is 7.89. The van der Waals surface area contributed by atoms with Crippen molar-refractivity contribution in [3.05, 3.63) is 41.2 Å². The van der Waals surface area contributed by atoms with Crippen LogP contribution in [0.2, 0.25) is 0 Å². The maximum absolute atomic E-state index is 12.6. The number of hydrogen-bond acceptors (Lipinski definition) is 5. The van der Waals surface area contributed by atoms with Gasteiger partial charge in [0.1, 0.15) is 4.90 Å². The third-order valence-electron chi connectivity index (χ3n) is 4.01. The van der Waals surface area contributed by atoms with Crippen molar-refractivity contribution >= 4 is 27.6 Å². The average molecular weight is 394 g/mol. The fourth-order valence-corrected chi connectivity index (χ4v) is 4.26. The quantitative estimate of drug-likeness (QED) is 0.641. The van der Waals surface area contributed by atoms with Gasteiger partial charge in [0.05, 0.1) is 23.9 Å². The Labute approximate surface area is 157 Å². The van der Waals surface area contributed by atoms with E-state index in [0.29, 0.717) is 22.6 Å². The van der Waals surface area contributed by atoms with E-state index in [9.17, 15) is 18.0 Å². The van der Waals surface area contributed by atoms with E-state index in [1.54, 1.807) is 45.2 Å². The molecule has 10 heteroatoms. The fraction of sp³-hybridized carbons (Fsp3) is 0.353. The fourth-order valence-electron chi connectivity index (χ4n) is 2.62. The number of carboxylic acids is 1. The normalized spacial score (nSPS) is 12.6. The minimum Gasteiger partial charge on any atom is -0.481 e. The van der Waals surface area contributed by atoms with E-state index in [2.05, 4.69) is 15.1 Å². The molecule has 0 aliphatic rings. The van der Waals surface area contributed by atoms with Crippen LogP contribution < -0.4 is 10.0 Å². The molecular formula is C17H22N4O5S. The molecule has 1 heterocycles. The second-order valence-electron chi connectivity index (χ2n) is 6.22. The van der Waals surface area contributed by atoms with E-state index >= 15 is 0 Å². The molecule has 1 unspecified atom stereocenters. The number of sulfonamides is 1. The first kappa shape index (κ1) is 20.6. The van der Waals surface area contributed by atoms with E-state index in [-0.39, 0.29) is 11.3 Å². The van der Waals surface area contributed by atoms with Crippen molar-refractivity contribution in [3.8, 4) is 0 Å². The van der Waals surface area contributed by atoms with Crippen LogP contribution in [-0.4, -0.2) is 41.2 Å². The van der Waals surface area contributed by atoms with Gasteiger partial charge in [0.25, 0.3) is 0 Å². The van der Waals surface area contributed by atoms with Crippen molar-refractivity contribution < 1.29 is 23.1 Å². The molecule has 3 N–H and O–H groups in total. The SMILES string of the molecule is Cc1nn(C)c(C)c1S(=O)(=O)NC(C)C(=O)Nc1ccc(CC(=O)O)cc1. The molecule has 0 radical (unpaired) electrons. The first-order valence-electron chi connectivity index (χ1n) is 8.15. The van der Waals surface area contributed by atoms with Gasteiger partial charge in [-0.2, -0.15) is 9.82 Å². The van der Waals surface area contributed by atoms with Crippen LogP contribution in [0.25, 0.3) is 0 Å². The van der Waals surface area contributed by atoms with Gasteiger partial charge in [-0.05, 0) is 38.5 Å². The number of rotatable bonds is 7. The largest absolute Gasteiger partial charge is 0.481 e. The summed E-state index contributed by atoms with van der Waals surface area (Å²) in [5, 5.41) is 15.4. The number of aliphatic carboxylic acids is 1. The summed E-state index contributed by atoms with van der Waals surface area (Å²) in [6.45, 7) is 4.66. The Balaban J connectivity index is 2.08. The molecule has 1 atom stereocenters. The summed E-state index contributed by atoms with van der Waals surface area (Å²) in [5.74, 6) is -1.49. The molecule has 0 aliphatic carbocycles. The number of nitrogens with one attached hydrogen (secondary N) is 2. The number of nitrogens with zero attached hydrogens (tertiary/aromatic N) is 2. The van der Waals surface area contributed by atoms with Gasteiger partial charge < -0.3 is 10.4 Å². The lowest BCUT2D eigenvalue weighted by atomic mass is 10.1. The van der Waals surface area contributed by atoms with Crippen LogP contribution in [0.5, 0.6) is 0 Å². The Hall–Kier alpha value is -2.72. The van der Waals surface area contributed by atoms with Crippen molar-refractivity contribution in [2.45, 2.75) is 38.1 Å². The van der Waals surface area contributed by atoms with Crippen LogP contribution in [0.15, 0.2) is 29.2 Å². The summed E-state index contributed by atoms with van der Waals surface area (Å²) in [7, 11) is -2.27. The van der Waals surface area contributed by atoms with Crippen molar-refractivity contribution in [1.29, 1.82) is 0 Å². The zero-order valence-corrected chi connectivity index (χ0v) is 16.3. The van der Waals surface area contributed by atoms with Crippen LogP contribution in [-0.2, 0) is 33.1 Å². The third-order valence-corrected chi connectivity index (χ3v) is 5.81. The summed E-state index contributed by atoms with van der Waals surface area (Å²) in [5.41, 5.74) is 1.86. The molecule has 2 aromatic rings. The van der Waals surface area contributed by atoms with Crippen LogP contribution >= 0.6 is 0 Å². The van der Waals surface area contributed by atoms with Crippen LogP contribution in [0.4, 0.5) is 5.69 Å². The summed E-state index contributed by atoms with van der Waals surface area (Å²) in [6.07, 6.45) is -0.117. The standard InChI is InChI=1S/C17H22N4O5S/c1-10-16(12(3)21(4)19-10)27(25,26)20-11(2)17(24)18-14-7-5-13(6-8-14)9-15(22)23/h5-8,11,20H,9H2,1-4H3,(H,18,24)(H,22,23). The lowest BCUT2D eigenvalue weighted by molar-refractivity contribution is -0.136. The van der Waals surface area contributed by atoms with Crippen molar-refractivity contribution in [2.75, 3.05) is 5.32 Å². The molecule has 1 aromatic heterocycles. The van der Waals surface area contributed by atoms with Gasteiger partial charge in [-0.15, -0.1) is 0 Å². The van der Waals surface area contributed by atoms with Gasteiger partial charge in [0.2, 0.25) is 15.9 Å². The van der Waals surface area contributed by atoms with Gasteiger partial charge in [-0.3, -0.25) is 14.3 Å². The summed E-state index contributed by atoms with van der Waals surface area (Å²) >= 11 is 0. The summed E-state index contributed by atoms with van der Waals surface area (Å²) < 4.78 is 29.0. The topological polar surface area (TPSA) is 130 Å². The van der Waals surface area contributed by atoms with Crippen molar-refractivity contribution in [2.24, 2.45) is 7.05 Å². The van der Waals surface area contributed by atoms with E-state index in [1.165, 1.54) is 11.6 Å². The minimum atomic E-state index is -3.92. The van der Waals surface area contributed by atoms with Gasteiger partial charge >= 0.3 is 5.97 Å². The molecule has 0 spiro atoms. The number of anilines is 1. The Kier molecular flexibility index (Phi) is 6.01. The van der Waals surface area contributed by atoms with Crippen LogP contribution in [0, 0.1) is 13.8 Å². The van der Waals surface area contributed by atoms with Crippen LogP contribution in [0.1, 0.15) is 23.9 Å². The predicted octanol–water partition coefficient (Wildman–Crippen LogP) is 0.970. The summed E-state index contributed by atoms with van der Waals surface area (Å²) in [6, 6.07) is 5.27. The lowest BCUT2D eigenvalue weighted by Crippen LogP contribution is -2.41. The molecule has 0 aliphatic heterocycles. The Bertz CT molecular complexity index is 964. The molecule has 0 bridgehead atoms. The third kappa shape index (κ3) is 4.92. The predicted molar refractivity (Wildman–Crippen MR) is 98.9 cm³/mol. The maximum Gasteiger partial charge on any atom is 0.307 e. The van der Waals surface area contributed by atoms with E-state index in [1.807, 2.05) is 0 Å². The first-order valence-corrected chi connectivity index (χ1v) is 9.63. The molecule has 9 nitrogen and oxygen atoms in total. The maximum atomic E-state index is 12.6. The van der Waals surface area contributed by atoms with Gasteiger partial charge in [0, 0.05) is 12.7 Å². The van der Waals surface area contributed by atoms with Gasteiger partial charge in [-0.25, -0.2) is 8.42 Å². The van der Waals surface area contributed by atoms with Crippen LogP contribution in [0.3, 0.4) is 0 Å². The second-order valence-corrected chi connectivity index (χ2v) is 7.87. The molecule has 0 saturated heterocycles. The Morgan fingerprint density at radius 3 is 2.30 bits per heavy atom. The number of benzene rings is 1. The van der Waals surface area contributed by atoms with Gasteiger partial charge in [-0.1, -0.05) is 12.1 Å². The molecule has 1 aromatic carbocycles. The van der Waals surface area contributed by atoms with Crippen molar-refractivity contribution in [3.63, 3.8) is 0 Å². The molecular weight excluding hydrogens is 372 g/mol. The molecule has 0 saturated carbocycles. The molecule has 146 valence electrons. The smallest absolute Gasteiger partial charge is 0.307 e. The zero-order valence-electron chi connectivity index (χ0n) is 15.5. The monoisotopic (exact) mass is 394 g/mol. The molecule has 0 fully saturated rings. The number of aromatic nitrogens is 2. The number of amides is 1. The Morgan fingerprint density at radius 2 is 1.81 bits per heavy atom. The first-order chi connectivity index (χ1) is 12.5. The van der Waals surface area contributed by atoms with E-state index in [0.717, 1.165) is 0 Å². The van der Waals surface area contributed by atoms with Gasteiger partial charge in [0.15, 0.2) is 0 Å². The summed E-state index contributed by atoms with van der Waals surface area (Å²) in [4.78, 5) is 23.0. The average Bonchev–Trinajstić information content (AvgIpc) is 2.81. The Morgan fingerprint density at radius 1 is 1.22 bits per heavy atom. The molecule has 2 rings (SSSR count). The number of carbonyl (C=O) groups excluding carboxylic acids is 1. The van der Waals surface area contributed by atoms with E-state index < -0.39 is 27.9 Å². The highest BCUT2D eigenvalue weighted by Gasteiger charge is 2.27. The molecule has 1 amide bonds. The number of hydrogen-bond donors (Lipinski definition) is 3.